The monoisotopic (exact) mass is 1020 g/mol. The fourth-order valence-corrected chi connectivity index (χ4v) is 8.90. The number of rotatable bonds is 57. The Hall–Kier alpha value is -3.15. The maximum absolute atomic E-state index is 12.9. The van der Waals surface area contributed by atoms with Gasteiger partial charge in [-0.1, -0.05) is 261 Å². The predicted octanol–water partition coefficient (Wildman–Crippen LogP) is 21.3. The molecule has 6 heteroatoms. The third-order valence-electron chi connectivity index (χ3n) is 13.6. The van der Waals surface area contributed by atoms with Crippen LogP contribution in [0.3, 0.4) is 0 Å². The number of ether oxygens (including phenoxy) is 3. The van der Waals surface area contributed by atoms with Gasteiger partial charge in [0.15, 0.2) is 6.10 Å². The fraction of sp³-hybridized carbons (Fsp3) is 0.776. The number of unbranched alkanes of at least 4 members (excludes halogenated alkanes) is 34. The number of allylic oxidation sites excluding steroid dienone is 12. The maximum Gasteiger partial charge on any atom is 0.306 e. The number of carbonyl (C=O) groups excluding carboxylic acids is 3. The Labute approximate surface area is 453 Å². The molecular formula is C67H118O6. The average molecular weight is 1020 g/mol. The van der Waals surface area contributed by atoms with Gasteiger partial charge in [0.25, 0.3) is 0 Å². The third kappa shape index (κ3) is 59.6. The molecule has 1 unspecified atom stereocenters. The van der Waals surface area contributed by atoms with E-state index in [-0.39, 0.29) is 31.1 Å². The van der Waals surface area contributed by atoms with E-state index in [9.17, 15) is 14.4 Å². The lowest BCUT2D eigenvalue weighted by Crippen LogP contribution is -2.30. The number of hydrogen-bond acceptors (Lipinski definition) is 6. The first-order valence-corrected chi connectivity index (χ1v) is 31.4. The van der Waals surface area contributed by atoms with Crippen molar-refractivity contribution in [3.05, 3.63) is 72.9 Å². The Bertz CT molecular complexity index is 1360. The van der Waals surface area contributed by atoms with Crippen LogP contribution >= 0.6 is 0 Å². The molecule has 0 fully saturated rings. The molecule has 0 saturated carbocycles. The number of hydrogen-bond donors (Lipinski definition) is 0. The molecule has 0 heterocycles. The molecule has 0 N–H and O–H groups in total. The number of carbonyl (C=O) groups is 3. The zero-order valence-corrected chi connectivity index (χ0v) is 48.4. The summed E-state index contributed by atoms with van der Waals surface area (Å²) in [6, 6.07) is 0. The SMILES string of the molecule is CCC/C=C\C/C=C\CCCCCCCC(=O)OCC(COC(=O)CCCCCCCCCCCCC/C=C\CCCCCCCCCC)OC(=O)CCCCCCCC/C=C\C/C=C\C/C=C\CCCCC. The first kappa shape index (κ1) is 69.8. The van der Waals surface area contributed by atoms with E-state index in [0.717, 1.165) is 116 Å². The van der Waals surface area contributed by atoms with Crippen LogP contribution in [0, 0.1) is 0 Å². The lowest BCUT2D eigenvalue weighted by atomic mass is 10.0. The minimum atomic E-state index is -0.789. The van der Waals surface area contributed by atoms with Crippen molar-refractivity contribution in [3.63, 3.8) is 0 Å². The van der Waals surface area contributed by atoms with E-state index in [1.54, 1.807) is 0 Å². The second-order valence-electron chi connectivity index (χ2n) is 21.0. The highest BCUT2D eigenvalue weighted by Gasteiger charge is 2.19. The van der Waals surface area contributed by atoms with Crippen LogP contribution in [0.25, 0.3) is 0 Å². The van der Waals surface area contributed by atoms with Gasteiger partial charge in [-0.15, -0.1) is 0 Å². The molecule has 1 atom stereocenters. The van der Waals surface area contributed by atoms with E-state index in [1.165, 1.54) is 161 Å². The highest BCUT2D eigenvalue weighted by atomic mass is 16.6. The highest BCUT2D eigenvalue weighted by molar-refractivity contribution is 5.71. The van der Waals surface area contributed by atoms with E-state index < -0.39 is 6.10 Å². The maximum atomic E-state index is 12.9. The molecule has 0 saturated heterocycles. The summed E-state index contributed by atoms with van der Waals surface area (Å²) >= 11 is 0. The van der Waals surface area contributed by atoms with Crippen molar-refractivity contribution in [2.75, 3.05) is 13.2 Å². The molecule has 0 aromatic rings. The lowest BCUT2D eigenvalue weighted by Gasteiger charge is -2.18. The van der Waals surface area contributed by atoms with Crippen LogP contribution in [0.4, 0.5) is 0 Å². The van der Waals surface area contributed by atoms with E-state index in [4.69, 9.17) is 14.2 Å². The van der Waals surface area contributed by atoms with Crippen molar-refractivity contribution in [2.45, 2.75) is 322 Å². The van der Waals surface area contributed by atoms with Crippen molar-refractivity contribution in [1.29, 1.82) is 0 Å². The van der Waals surface area contributed by atoms with Gasteiger partial charge in [-0.3, -0.25) is 14.4 Å². The molecule has 0 aliphatic carbocycles. The van der Waals surface area contributed by atoms with Gasteiger partial charge in [-0.2, -0.15) is 0 Å². The molecule has 0 aromatic heterocycles. The lowest BCUT2D eigenvalue weighted by molar-refractivity contribution is -0.167. The minimum Gasteiger partial charge on any atom is -0.462 e. The first-order valence-electron chi connectivity index (χ1n) is 31.4. The first-order chi connectivity index (χ1) is 36.0. The summed E-state index contributed by atoms with van der Waals surface area (Å²) in [6.45, 7) is 6.56. The molecule has 0 aromatic carbocycles. The Balaban J connectivity index is 4.34. The van der Waals surface area contributed by atoms with Crippen molar-refractivity contribution in [3.8, 4) is 0 Å². The van der Waals surface area contributed by atoms with Gasteiger partial charge in [-0.05, 0) is 109 Å². The molecule has 0 radical (unpaired) electrons. The van der Waals surface area contributed by atoms with E-state index in [2.05, 4.69) is 93.7 Å². The molecule has 0 aliphatic rings. The quantitative estimate of drug-likeness (QED) is 0.0261. The van der Waals surface area contributed by atoms with Crippen LogP contribution in [0.15, 0.2) is 72.9 Å². The minimum absolute atomic E-state index is 0.0847. The summed E-state index contributed by atoms with van der Waals surface area (Å²) in [5, 5.41) is 0. The van der Waals surface area contributed by atoms with Gasteiger partial charge >= 0.3 is 17.9 Å². The van der Waals surface area contributed by atoms with Gasteiger partial charge < -0.3 is 14.2 Å². The normalized spacial score (nSPS) is 12.5. The molecular weight excluding hydrogens is 901 g/mol. The van der Waals surface area contributed by atoms with Gasteiger partial charge in [0.2, 0.25) is 0 Å². The fourth-order valence-electron chi connectivity index (χ4n) is 8.90. The Morgan fingerprint density at radius 1 is 0.274 bits per heavy atom. The largest absolute Gasteiger partial charge is 0.462 e. The molecule has 0 bridgehead atoms. The van der Waals surface area contributed by atoms with Crippen molar-refractivity contribution < 1.29 is 28.6 Å². The summed E-state index contributed by atoms with van der Waals surface area (Å²) in [6.07, 6.45) is 79.0. The standard InChI is InChI=1S/C67H118O6/c1-4-7-10-13-16-19-22-25-27-29-31-32-33-34-36-37-39-42-45-48-51-54-57-60-66(69)72-63-64(62-71-65(68)59-56-53-50-47-44-41-24-21-18-15-12-9-6-3)73-67(70)61-58-55-52-49-46-43-40-38-35-30-28-26-23-20-17-14-11-8-5-2/h12,15,17,20-21,24,26,28-29,31,35,38,64H,4-11,13-14,16,18-19,22-23,25,27,30,32-34,36-37,39-63H2,1-3H3/b15-12-,20-17-,24-21-,28-26-,31-29-,38-35-. The summed E-state index contributed by atoms with van der Waals surface area (Å²) in [5.74, 6) is -0.901. The van der Waals surface area contributed by atoms with Crippen LogP contribution in [0.1, 0.15) is 316 Å². The predicted molar refractivity (Wildman–Crippen MR) is 316 cm³/mol. The Morgan fingerprint density at radius 3 is 0.863 bits per heavy atom. The topological polar surface area (TPSA) is 78.9 Å². The molecule has 0 rings (SSSR count). The summed E-state index contributed by atoms with van der Waals surface area (Å²) in [7, 11) is 0. The Kier molecular flexibility index (Phi) is 58.7. The second kappa shape index (κ2) is 61.4. The summed E-state index contributed by atoms with van der Waals surface area (Å²) in [5.41, 5.74) is 0. The molecule has 0 spiro atoms. The van der Waals surface area contributed by atoms with Gasteiger partial charge in [0, 0.05) is 19.3 Å². The average Bonchev–Trinajstić information content (AvgIpc) is 3.39. The molecule has 0 amide bonds. The zero-order valence-electron chi connectivity index (χ0n) is 48.4. The van der Waals surface area contributed by atoms with Gasteiger partial charge in [0.1, 0.15) is 13.2 Å². The second-order valence-corrected chi connectivity index (χ2v) is 21.0. The van der Waals surface area contributed by atoms with Gasteiger partial charge in [0.05, 0.1) is 0 Å². The van der Waals surface area contributed by atoms with Crippen LogP contribution in [-0.4, -0.2) is 37.2 Å². The highest BCUT2D eigenvalue weighted by Crippen LogP contribution is 2.16. The van der Waals surface area contributed by atoms with E-state index in [0.29, 0.717) is 19.3 Å². The summed E-state index contributed by atoms with van der Waals surface area (Å²) in [4.78, 5) is 38.3. The van der Waals surface area contributed by atoms with Crippen molar-refractivity contribution >= 4 is 17.9 Å². The van der Waals surface area contributed by atoms with Gasteiger partial charge in [-0.25, -0.2) is 0 Å². The smallest absolute Gasteiger partial charge is 0.306 e. The molecule has 0 aliphatic heterocycles. The molecule has 6 nitrogen and oxygen atoms in total. The van der Waals surface area contributed by atoms with Crippen LogP contribution < -0.4 is 0 Å². The summed E-state index contributed by atoms with van der Waals surface area (Å²) < 4.78 is 16.9. The van der Waals surface area contributed by atoms with Crippen molar-refractivity contribution in [2.24, 2.45) is 0 Å². The van der Waals surface area contributed by atoms with E-state index in [1.807, 2.05) is 0 Å². The van der Waals surface area contributed by atoms with E-state index >= 15 is 0 Å². The van der Waals surface area contributed by atoms with Crippen LogP contribution in [0.2, 0.25) is 0 Å². The molecule has 422 valence electrons. The Morgan fingerprint density at radius 2 is 0.521 bits per heavy atom. The van der Waals surface area contributed by atoms with Crippen molar-refractivity contribution in [1.82, 2.24) is 0 Å². The van der Waals surface area contributed by atoms with Crippen LogP contribution in [-0.2, 0) is 28.6 Å². The zero-order chi connectivity index (χ0) is 52.9. The third-order valence-corrected chi connectivity index (χ3v) is 13.6. The van der Waals surface area contributed by atoms with Crippen LogP contribution in [0.5, 0.6) is 0 Å². The number of esters is 3. The molecule has 73 heavy (non-hydrogen) atoms.